The van der Waals surface area contributed by atoms with Crippen molar-refractivity contribution in [1.82, 2.24) is 0 Å². The summed E-state index contributed by atoms with van der Waals surface area (Å²) in [6.45, 7) is 7.02. The smallest absolute Gasteiger partial charge is 0.206 e. The van der Waals surface area contributed by atoms with Crippen LogP contribution in [0.4, 0.5) is 0 Å². The zero-order valence-corrected chi connectivity index (χ0v) is 13.4. The second-order valence-electron chi connectivity index (χ2n) is 6.02. The second-order valence-corrected chi connectivity index (χ2v) is 7.34. The molecule has 0 N–H and O–H groups in total. The summed E-state index contributed by atoms with van der Waals surface area (Å²) < 4.78 is 5.90. The Labute approximate surface area is 124 Å². The van der Waals surface area contributed by atoms with E-state index in [1.165, 1.54) is 11.3 Å². The molecule has 19 heavy (non-hydrogen) atoms. The first kappa shape index (κ1) is 15.0. The lowest BCUT2D eigenvalue weighted by molar-refractivity contribution is -0.0578. The molecular formula is C15H21ClO2S. The van der Waals surface area contributed by atoms with Crippen molar-refractivity contribution >= 4 is 28.7 Å². The highest BCUT2D eigenvalue weighted by atomic mass is 35.5. The van der Waals surface area contributed by atoms with E-state index in [1.54, 1.807) is 6.07 Å². The lowest BCUT2D eigenvalue weighted by Crippen LogP contribution is -2.46. The maximum atomic E-state index is 12.8. The van der Waals surface area contributed by atoms with Gasteiger partial charge in [0.2, 0.25) is 5.78 Å². The van der Waals surface area contributed by atoms with Crippen LogP contribution in [0, 0.1) is 5.41 Å². The Morgan fingerprint density at radius 3 is 2.47 bits per heavy atom. The van der Waals surface area contributed by atoms with Crippen molar-refractivity contribution in [2.24, 2.45) is 5.41 Å². The van der Waals surface area contributed by atoms with Gasteiger partial charge in [0.1, 0.15) is 5.60 Å². The largest absolute Gasteiger partial charge is 0.367 e. The first-order chi connectivity index (χ1) is 8.90. The molecule has 1 aromatic heterocycles. The van der Waals surface area contributed by atoms with Gasteiger partial charge in [0.05, 0.1) is 9.90 Å². The van der Waals surface area contributed by atoms with E-state index >= 15 is 0 Å². The summed E-state index contributed by atoms with van der Waals surface area (Å²) in [4.78, 5) is 13.5. The number of carbonyl (C=O) groups is 1. The lowest BCUT2D eigenvalue weighted by atomic mass is 9.69. The first-order valence-electron chi connectivity index (χ1n) is 6.82. The quantitative estimate of drug-likeness (QED) is 0.735. The van der Waals surface area contributed by atoms with Gasteiger partial charge in [-0.05, 0) is 49.5 Å². The van der Waals surface area contributed by atoms with Crippen LogP contribution < -0.4 is 0 Å². The van der Waals surface area contributed by atoms with Crippen LogP contribution in [-0.2, 0) is 4.74 Å². The van der Waals surface area contributed by atoms with Crippen molar-refractivity contribution in [2.75, 3.05) is 6.61 Å². The summed E-state index contributed by atoms with van der Waals surface area (Å²) in [6, 6.07) is 1.78. The fraction of sp³-hybridized carbons (Fsp3) is 0.667. The average molecular weight is 301 g/mol. The molecule has 1 aliphatic rings. The van der Waals surface area contributed by atoms with Crippen molar-refractivity contribution in [3.63, 3.8) is 0 Å². The van der Waals surface area contributed by atoms with Crippen LogP contribution in [0.2, 0.25) is 5.02 Å². The minimum absolute atomic E-state index is 0.0739. The number of hydrogen-bond donors (Lipinski definition) is 0. The number of carbonyl (C=O) groups excluding carboxylic acids is 1. The summed E-state index contributed by atoms with van der Waals surface area (Å²) in [5, 5.41) is 2.42. The van der Waals surface area contributed by atoms with Gasteiger partial charge in [-0.15, -0.1) is 11.3 Å². The van der Waals surface area contributed by atoms with Gasteiger partial charge >= 0.3 is 0 Å². The Morgan fingerprint density at radius 1 is 1.37 bits per heavy atom. The SMILES string of the molecule is CCOC1(C(=O)c2sccc2Cl)CCC(C)(C)CC1. The average Bonchev–Trinajstić information content (AvgIpc) is 2.78. The molecule has 0 bridgehead atoms. The van der Waals surface area contributed by atoms with E-state index < -0.39 is 5.60 Å². The number of rotatable bonds is 4. The molecule has 1 aliphatic carbocycles. The Bertz CT molecular complexity index is 454. The zero-order chi connectivity index (χ0) is 14.1. The van der Waals surface area contributed by atoms with Gasteiger partial charge in [-0.1, -0.05) is 25.4 Å². The van der Waals surface area contributed by atoms with Crippen LogP contribution in [0.5, 0.6) is 0 Å². The highest BCUT2D eigenvalue weighted by molar-refractivity contribution is 7.12. The highest BCUT2D eigenvalue weighted by Crippen LogP contribution is 2.44. The maximum Gasteiger partial charge on any atom is 0.206 e. The first-order valence-corrected chi connectivity index (χ1v) is 8.08. The van der Waals surface area contributed by atoms with E-state index in [9.17, 15) is 4.79 Å². The van der Waals surface area contributed by atoms with E-state index in [0.29, 0.717) is 21.9 Å². The van der Waals surface area contributed by atoms with Crippen LogP contribution in [0.1, 0.15) is 56.1 Å². The Hall–Kier alpha value is -0.380. The Balaban J connectivity index is 2.26. The molecule has 0 aromatic carbocycles. The van der Waals surface area contributed by atoms with Crippen LogP contribution >= 0.6 is 22.9 Å². The van der Waals surface area contributed by atoms with Crippen LogP contribution in [-0.4, -0.2) is 18.0 Å². The van der Waals surface area contributed by atoms with Gasteiger partial charge in [0.15, 0.2) is 0 Å². The fourth-order valence-corrected chi connectivity index (χ4v) is 3.88. The monoisotopic (exact) mass is 300 g/mol. The molecule has 1 aromatic rings. The third kappa shape index (κ3) is 3.04. The molecular weight excluding hydrogens is 280 g/mol. The molecule has 1 fully saturated rings. The molecule has 0 saturated heterocycles. The maximum absolute atomic E-state index is 12.8. The third-order valence-electron chi connectivity index (χ3n) is 4.07. The van der Waals surface area contributed by atoms with Crippen LogP contribution in [0.15, 0.2) is 11.4 Å². The van der Waals surface area contributed by atoms with Crippen molar-refractivity contribution in [2.45, 2.75) is 52.1 Å². The number of ether oxygens (including phenoxy) is 1. The summed E-state index contributed by atoms with van der Waals surface area (Å²) in [5.41, 5.74) is -0.348. The zero-order valence-electron chi connectivity index (χ0n) is 11.8. The second kappa shape index (κ2) is 5.55. The van der Waals surface area contributed by atoms with E-state index in [-0.39, 0.29) is 5.78 Å². The number of Topliss-reactive ketones (excluding diaryl/α,β-unsaturated/α-hetero) is 1. The summed E-state index contributed by atoms with van der Waals surface area (Å²) in [6.07, 6.45) is 3.62. The molecule has 4 heteroatoms. The molecule has 0 spiro atoms. The van der Waals surface area contributed by atoms with Gasteiger partial charge in [-0.25, -0.2) is 0 Å². The van der Waals surface area contributed by atoms with E-state index in [4.69, 9.17) is 16.3 Å². The van der Waals surface area contributed by atoms with Crippen LogP contribution in [0.25, 0.3) is 0 Å². The molecule has 1 saturated carbocycles. The van der Waals surface area contributed by atoms with Crippen molar-refractivity contribution in [3.05, 3.63) is 21.3 Å². The molecule has 0 aliphatic heterocycles. The normalized spacial score (nSPS) is 21.3. The predicted octanol–water partition coefficient (Wildman–Crippen LogP) is 4.96. The summed E-state index contributed by atoms with van der Waals surface area (Å²) >= 11 is 7.52. The van der Waals surface area contributed by atoms with Gasteiger partial charge in [-0.2, -0.15) is 0 Å². The lowest BCUT2D eigenvalue weighted by Gasteiger charge is -2.42. The number of halogens is 1. The van der Waals surface area contributed by atoms with Gasteiger partial charge < -0.3 is 4.74 Å². The Morgan fingerprint density at radius 2 is 2.00 bits per heavy atom. The molecule has 1 heterocycles. The number of hydrogen-bond acceptors (Lipinski definition) is 3. The molecule has 2 rings (SSSR count). The Kier molecular flexibility index (Phi) is 4.38. The molecule has 0 amide bonds. The summed E-state index contributed by atoms with van der Waals surface area (Å²) in [5.74, 6) is 0.0739. The molecule has 0 radical (unpaired) electrons. The van der Waals surface area contributed by atoms with Crippen molar-refractivity contribution in [1.29, 1.82) is 0 Å². The van der Waals surface area contributed by atoms with Crippen molar-refractivity contribution < 1.29 is 9.53 Å². The minimum Gasteiger partial charge on any atom is -0.367 e. The molecule has 0 unspecified atom stereocenters. The number of ketones is 1. The predicted molar refractivity (Wildman–Crippen MR) is 80.3 cm³/mol. The molecule has 0 atom stereocenters. The minimum atomic E-state index is -0.654. The molecule has 106 valence electrons. The van der Waals surface area contributed by atoms with E-state index in [2.05, 4.69) is 13.8 Å². The van der Waals surface area contributed by atoms with Gasteiger partial charge in [0.25, 0.3) is 0 Å². The topological polar surface area (TPSA) is 26.3 Å². The van der Waals surface area contributed by atoms with Gasteiger partial charge in [0, 0.05) is 6.61 Å². The molecule has 2 nitrogen and oxygen atoms in total. The third-order valence-corrected chi connectivity index (χ3v) is 5.41. The standard InChI is InChI=1S/C15H21ClO2S/c1-4-18-15(8-6-14(2,3)7-9-15)13(17)12-11(16)5-10-19-12/h5,10H,4,6-9H2,1-3H3. The highest BCUT2D eigenvalue weighted by Gasteiger charge is 2.45. The van der Waals surface area contributed by atoms with E-state index in [0.717, 1.165) is 25.7 Å². The fourth-order valence-electron chi connectivity index (χ4n) is 2.71. The van der Waals surface area contributed by atoms with E-state index in [1.807, 2.05) is 12.3 Å². The van der Waals surface area contributed by atoms with Crippen LogP contribution in [0.3, 0.4) is 0 Å². The van der Waals surface area contributed by atoms with Gasteiger partial charge in [-0.3, -0.25) is 4.79 Å². The number of thiophene rings is 1. The summed E-state index contributed by atoms with van der Waals surface area (Å²) in [7, 11) is 0. The van der Waals surface area contributed by atoms with Crippen molar-refractivity contribution in [3.8, 4) is 0 Å².